The number of rotatable bonds is 5. The second-order valence-electron chi connectivity index (χ2n) is 6.07. The average Bonchev–Trinajstić information content (AvgIpc) is 2.93. The minimum absolute atomic E-state index is 0.0292. The molecule has 1 heterocycles. The number of aromatic nitrogens is 1. The molecule has 1 N–H and O–H groups in total. The van der Waals surface area contributed by atoms with Gasteiger partial charge in [0.05, 0.1) is 6.42 Å². The highest BCUT2D eigenvalue weighted by Gasteiger charge is 2.32. The number of carboxylic acids is 1. The summed E-state index contributed by atoms with van der Waals surface area (Å²) in [6, 6.07) is 16.4. The van der Waals surface area contributed by atoms with Crippen molar-refractivity contribution in [3.8, 4) is 11.1 Å². The van der Waals surface area contributed by atoms with Crippen LogP contribution in [-0.4, -0.2) is 21.8 Å². The summed E-state index contributed by atoms with van der Waals surface area (Å²) in [4.78, 5) is 11.9. The molecule has 3 rings (SSSR count). The third kappa shape index (κ3) is 4.52. The topological polar surface area (TPSA) is 42.2 Å². The lowest BCUT2D eigenvalue weighted by atomic mass is 10.1. The molecule has 7 heteroatoms. The van der Waals surface area contributed by atoms with Crippen LogP contribution in [-0.2, 0) is 13.0 Å². The van der Waals surface area contributed by atoms with E-state index in [1.807, 2.05) is 0 Å². The van der Waals surface area contributed by atoms with E-state index in [1.54, 1.807) is 54.6 Å². The average molecular weight is 394 g/mol. The van der Waals surface area contributed by atoms with Gasteiger partial charge in [-0.25, -0.2) is 4.79 Å². The van der Waals surface area contributed by atoms with E-state index >= 15 is 0 Å². The quantitative estimate of drug-likeness (QED) is 0.607. The molecule has 0 aliphatic rings. The number of hydrogen-bond acceptors (Lipinski definition) is 1. The van der Waals surface area contributed by atoms with Crippen LogP contribution >= 0.6 is 11.6 Å². The Bertz CT molecular complexity index is 948. The Balaban J connectivity index is 2.17. The molecule has 1 aromatic heterocycles. The summed E-state index contributed by atoms with van der Waals surface area (Å²) in [5.74, 6) is -1.29. The number of aromatic carboxylic acids is 1. The summed E-state index contributed by atoms with van der Waals surface area (Å²) in [6.07, 6.45) is -5.67. The highest BCUT2D eigenvalue weighted by atomic mass is 35.5. The molecule has 27 heavy (non-hydrogen) atoms. The van der Waals surface area contributed by atoms with E-state index < -0.39 is 18.6 Å². The smallest absolute Gasteiger partial charge is 0.394 e. The second kappa shape index (κ2) is 7.48. The van der Waals surface area contributed by atoms with Crippen molar-refractivity contribution in [2.24, 2.45) is 0 Å². The molecule has 0 saturated carbocycles. The Morgan fingerprint density at radius 2 is 1.67 bits per heavy atom. The number of halogens is 4. The fourth-order valence-corrected chi connectivity index (χ4v) is 3.11. The lowest BCUT2D eigenvalue weighted by Gasteiger charge is -2.14. The molecule has 0 aliphatic heterocycles. The van der Waals surface area contributed by atoms with Crippen molar-refractivity contribution in [2.75, 3.05) is 0 Å². The zero-order chi connectivity index (χ0) is 19.6. The van der Waals surface area contributed by atoms with Gasteiger partial charge in [-0.2, -0.15) is 13.2 Å². The highest BCUT2D eigenvalue weighted by Crippen LogP contribution is 2.32. The third-order valence-corrected chi connectivity index (χ3v) is 4.36. The van der Waals surface area contributed by atoms with Gasteiger partial charge in [-0.1, -0.05) is 54.1 Å². The molecular weight excluding hydrogens is 379 g/mol. The zero-order valence-electron chi connectivity index (χ0n) is 14.0. The van der Waals surface area contributed by atoms with Gasteiger partial charge >= 0.3 is 12.1 Å². The zero-order valence-corrected chi connectivity index (χ0v) is 14.8. The summed E-state index contributed by atoms with van der Waals surface area (Å²) in [6.45, 7) is 0.0292. The molecule has 0 atom stereocenters. The van der Waals surface area contributed by atoms with E-state index in [-0.39, 0.29) is 23.5 Å². The van der Waals surface area contributed by atoms with Crippen molar-refractivity contribution < 1.29 is 23.1 Å². The molecule has 0 unspecified atom stereocenters. The first kappa shape index (κ1) is 19.0. The van der Waals surface area contributed by atoms with E-state index in [0.717, 1.165) is 0 Å². The van der Waals surface area contributed by atoms with Gasteiger partial charge < -0.3 is 9.67 Å². The van der Waals surface area contributed by atoms with Crippen LogP contribution in [0, 0.1) is 0 Å². The number of carbonyl (C=O) groups is 1. The van der Waals surface area contributed by atoms with Gasteiger partial charge in [-0.05, 0) is 29.3 Å². The molecule has 0 radical (unpaired) electrons. The van der Waals surface area contributed by atoms with Gasteiger partial charge in [0.1, 0.15) is 5.69 Å². The minimum Gasteiger partial charge on any atom is -0.477 e. The Hall–Kier alpha value is -2.73. The highest BCUT2D eigenvalue weighted by molar-refractivity contribution is 6.30. The lowest BCUT2D eigenvalue weighted by Crippen LogP contribution is -2.18. The van der Waals surface area contributed by atoms with Gasteiger partial charge in [-0.3, -0.25) is 0 Å². The number of benzene rings is 2. The number of hydrogen-bond donors (Lipinski definition) is 1. The van der Waals surface area contributed by atoms with Gasteiger partial charge in [0, 0.05) is 22.8 Å². The maximum absolute atomic E-state index is 13.1. The van der Waals surface area contributed by atoms with Crippen LogP contribution in [0.5, 0.6) is 0 Å². The third-order valence-electron chi connectivity index (χ3n) is 4.11. The summed E-state index contributed by atoms with van der Waals surface area (Å²) >= 11 is 5.86. The largest absolute Gasteiger partial charge is 0.477 e. The molecule has 0 saturated heterocycles. The molecule has 0 bridgehead atoms. The SMILES string of the molecule is O=C(O)c1c(-c2ccc(Cl)cc2)cc(CC(F)(F)F)n1Cc1ccccc1. The van der Waals surface area contributed by atoms with E-state index in [9.17, 15) is 23.1 Å². The van der Waals surface area contributed by atoms with E-state index in [0.29, 0.717) is 16.1 Å². The Labute approximate surface area is 158 Å². The van der Waals surface area contributed by atoms with Crippen LogP contribution < -0.4 is 0 Å². The first-order valence-electron chi connectivity index (χ1n) is 8.07. The Morgan fingerprint density at radius 3 is 2.22 bits per heavy atom. The standard InChI is InChI=1S/C20H15ClF3NO2/c21-15-8-6-14(7-9-15)17-10-16(11-20(22,23)24)25(18(17)19(26)27)12-13-4-2-1-3-5-13/h1-10H,11-12H2,(H,26,27). The van der Waals surface area contributed by atoms with Crippen LogP contribution in [0.25, 0.3) is 11.1 Å². The van der Waals surface area contributed by atoms with Crippen molar-refractivity contribution in [3.05, 3.63) is 82.6 Å². The maximum atomic E-state index is 13.1. The molecule has 0 fully saturated rings. The van der Waals surface area contributed by atoms with Gasteiger partial charge in [0.25, 0.3) is 0 Å². The minimum atomic E-state index is -4.46. The molecular formula is C20H15ClF3NO2. The number of carboxylic acid groups (broad SMARTS) is 1. The summed E-state index contributed by atoms with van der Waals surface area (Å²) < 4.78 is 40.5. The van der Waals surface area contributed by atoms with Crippen LogP contribution in [0.1, 0.15) is 21.7 Å². The maximum Gasteiger partial charge on any atom is 0.394 e. The second-order valence-corrected chi connectivity index (χ2v) is 6.51. The predicted octanol–water partition coefficient (Wildman–Crippen LogP) is 5.66. The summed E-state index contributed by atoms with van der Waals surface area (Å²) in [5, 5.41) is 10.2. The summed E-state index contributed by atoms with van der Waals surface area (Å²) in [7, 11) is 0. The molecule has 0 amide bonds. The Morgan fingerprint density at radius 1 is 1.04 bits per heavy atom. The van der Waals surface area contributed by atoms with Crippen molar-refractivity contribution in [3.63, 3.8) is 0 Å². The molecule has 2 aromatic carbocycles. The first-order chi connectivity index (χ1) is 12.7. The van der Waals surface area contributed by atoms with Crippen LogP contribution in [0.3, 0.4) is 0 Å². The fourth-order valence-electron chi connectivity index (χ4n) is 2.98. The predicted molar refractivity (Wildman–Crippen MR) is 97.1 cm³/mol. The molecule has 140 valence electrons. The normalized spacial score (nSPS) is 11.6. The summed E-state index contributed by atoms with van der Waals surface area (Å²) in [5.41, 5.74) is 1.15. The van der Waals surface area contributed by atoms with Gasteiger partial charge in [0.2, 0.25) is 0 Å². The van der Waals surface area contributed by atoms with Crippen molar-refractivity contribution in [2.45, 2.75) is 19.1 Å². The molecule has 3 aromatic rings. The Kier molecular flexibility index (Phi) is 5.28. The van der Waals surface area contributed by atoms with E-state index in [1.165, 1.54) is 10.6 Å². The van der Waals surface area contributed by atoms with E-state index in [4.69, 9.17) is 11.6 Å². The molecule has 0 aliphatic carbocycles. The van der Waals surface area contributed by atoms with Crippen LogP contribution in [0.4, 0.5) is 13.2 Å². The van der Waals surface area contributed by atoms with Crippen LogP contribution in [0.2, 0.25) is 5.02 Å². The first-order valence-corrected chi connectivity index (χ1v) is 8.45. The lowest BCUT2D eigenvalue weighted by molar-refractivity contribution is -0.128. The fraction of sp³-hybridized carbons (Fsp3) is 0.150. The van der Waals surface area contributed by atoms with Crippen molar-refractivity contribution in [1.29, 1.82) is 0 Å². The van der Waals surface area contributed by atoms with Crippen molar-refractivity contribution in [1.82, 2.24) is 4.57 Å². The molecule has 3 nitrogen and oxygen atoms in total. The number of nitrogens with zero attached hydrogens (tertiary/aromatic N) is 1. The monoisotopic (exact) mass is 393 g/mol. The van der Waals surface area contributed by atoms with Gasteiger partial charge in [-0.15, -0.1) is 0 Å². The van der Waals surface area contributed by atoms with E-state index in [2.05, 4.69) is 0 Å². The number of alkyl halides is 3. The van der Waals surface area contributed by atoms with Crippen LogP contribution in [0.15, 0.2) is 60.7 Å². The molecule has 0 spiro atoms. The van der Waals surface area contributed by atoms with Gasteiger partial charge in [0.15, 0.2) is 0 Å². The van der Waals surface area contributed by atoms with Crippen molar-refractivity contribution >= 4 is 17.6 Å².